The van der Waals surface area contributed by atoms with Gasteiger partial charge in [0, 0.05) is 12.6 Å². The summed E-state index contributed by atoms with van der Waals surface area (Å²) >= 11 is 0. The van der Waals surface area contributed by atoms with Crippen LogP contribution in [0, 0.1) is 11.3 Å². The van der Waals surface area contributed by atoms with E-state index < -0.39 is 10.2 Å². The standard InChI is InChI=1S/C8H17N3O2S/c1-4-6-10-14(12,13)11(7-5-9)8(2)3/h8,10H,4,6-7H2,1-3H3. The van der Waals surface area contributed by atoms with Crippen LogP contribution in [0.2, 0.25) is 0 Å². The van der Waals surface area contributed by atoms with Crippen molar-refractivity contribution in [2.24, 2.45) is 0 Å². The van der Waals surface area contributed by atoms with Crippen LogP contribution in [-0.2, 0) is 10.2 Å². The molecule has 82 valence electrons. The molecular formula is C8H17N3O2S. The normalized spacial score (nSPS) is 12.0. The lowest BCUT2D eigenvalue weighted by molar-refractivity contribution is 0.378. The number of rotatable bonds is 6. The number of nitrogens with one attached hydrogen (secondary N) is 1. The Kier molecular flexibility index (Phi) is 5.69. The van der Waals surface area contributed by atoms with Crippen LogP contribution in [0.1, 0.15) is 27.2 Å². The Hall–Kier alpha value is -0.640. The van der Waals surface area contributed by atoms with E-state index in [1.165, 1.54) is 0 Å². The Morgan fingerprint density at radius 2 is 2.07 bits per heavy atom. The molecule has 1 N–H and O–H groups in total. The van der Waals surface area contributed by atoms with Crippen molar-refractivity contribution in [3.8, 4) is 6.07 Å². The molecule has 0 atom stereocenters. The van der Waals surface area contributed by atoms with Gasteiger partial charge in [-0.05, 0) is 20.3 Å². The molecule has 0 aliphatic heterocycles. The second kappa shape index (κ2) is 5.96. The summed E-state index contributed by atoms with van der Waals surface area (Å²) in [6.45, 7) is 5.64. The van der Waals surface area contributed by atoms with Crippen LogP contribution < -0.4 is 4.72 Å². The second-order valence-corrected chi connectivity index (χ2v) is 4.90. The van der Waals surface area contributed by atoms with Gasteiger partial charge in [-0.2, -0.15) is 18.0 Å². The van der Waals surface area contributed by atoms with Gasteiger partial charge in [-0.15, -0.1) is 0 Å². The van der Waals surface area contributed by atoms with Crippen LogP contribution in [0.25, 0.3) is 0 Å². The quantitative estimate of drug-likeness (QED) is 0.660. The molecule has 0 saturated carbocycles. The fraction of sp³-hybridized carbons (Fsp3) is 0.875. The van der Waals surface area contributed by atoms with Gasteiger partial charge in [0.2, 0.25) is 0 Å². The van der Waals surface area contributed by atoms with Gasteiger partial charge in [0.05, 0.1) is 6.07 Å². The predicted molar refractivity (Wildman–Crippen MR) is 54.7 cm³/mol. The highest BCUT2D eigenvalue weighted by Gasteiger charge is 2.23. The molecule has 0 saturated heterocycles. The first-order chi connectivity index (χ1) is 6.45. The maximum absolute atomic E-state index is 11.6. The summed E-state index contributed by atoms with van der Waals surface area (Å²) < 4.78 is 26.7. The average molecular weight is 219 g/mol. The van der Waals surface area contributed by atoms with Gasteiger partial charge in [-0.3, -0.25) is 0 Å². The minimum Gasteiger partial charge on any atom is -0.202 e. The summed E-state index contributed by atoms with van der Waals surface area (Å²) in [7, 11) is -3.49. The largest absolute Gasteiger partial charge is 0.280 e. The van der Waals surface area contributed by atoms with E-state index in [0.717, 1.165) is 10.7 Å². The third-order valence-corrected chi connectivity index (χ3v) is 3.38. The van der Waals surface area contributed by atoms with Gasteiger partial charge in [0.1, 0.15) is 6.54 Å². The number of hydrogen-bond donors (Lipinski definition) is 1. The van der Waals surface area contributed by atoms with E-state index in [1.54, 1.807) is 13.8 Å². The highest BCUT2D eigenvalue weighted by atomic mass is 32.2. The third-order valence-electron chi connectivity index (χ3n) is 1.65. The van der Waals surface area contributed by atoms with Gasteiger partial charge < -0.3 is 0 Å². The first kappa shape index (κ1) is 13.4. The third kappa shape index (κ3) is 4.05. The molecule has 6 heteroatoms. The summed E-state index contributed by atoms with van der Waals surface area (Å²) in [5, 5.41) is 8.49. The van der Waals surface area contributed by atoms with Crippen LogP contribution in [0.4, 0.5) is 0 Å². The maximum atomic E-state index is 11.6. The molecule has 0 rings (SSSR count). The molecule has 5 nitrogen and oxygen atoms in total. The molecule has 0 aromatic carbocycles. The van der Waals surface area contributed by atoms with Crippen molar-refractivity contribution in [1.82, 2.24) is 9.03 Å². The first-order valence-electron chi connectivity index (χ1n) is 4.59. The number of nitriles is 1. The lowest BCUT2D eigenvalue weighted by atomic mass is 10.4. The van der Waals surface area contributed by atoms with E-state index in [4.69, 9.17) is 5.26 Å². The van der Waals surface area contributed by atoms with Crippen molar-refractivity contribution < 1.29 is 8.42 Å². The van der Waals surface area contributed by atoms with Crippen LogP contribution in [-0.4, -0.2) is 31.9 Å². The van der Waals surface area contributed by atoms with Gasteiger partial charge in [-0.1, -0.05) is 6.92 Å². The first-order valence-corrected chi connectivity index (χ1v) is 6.03. The predicted octanol–water partition coefficient (Wildman–Crippen LogP) is 0.465. The Balaban J connectivity index is 4.57. The molecule has 0 aliphatic carbocycles. The van der Waals surface area contributed by atoms with E-state index in [0.29, 0.717) is 6.54 Å². The van der Waals surface area contributed by atoms with Crippen molar-refractivity contribution in [3.05, 3.63) is 0 Å². The van der Waals surface area contributed by atoms with E-state index in [-0.39, 0.29) is 12.6 Å². The molecule has 0 aromatic rings. The highest BCUT2D eigenvalue weighted by molar-refractivity contribution is 7.87. The van der Waals surface area contributed by atoms with E-state index in [1.807, 2.05) is 13.0 Å². The summed E-state index contributed by atoms with van der Waals surface area (Å²) in [5.74, 6) is 0. The molecule has 0 unspecified atom stereocenters. The van der Waals surface area contributed by atoms with Crippen molar-refractivity contribution in [2.75, 3.05) is 13.1 Å². The molecule has 0 aromatic heterocycles. The highest BCUT2D eigenvalue weighted by Crippen LogP contribution is 2.03. The summed E-state index contributed by atoms with van der Waals surface area (Å²) in [5.41, 5.74) is 0. The molecule has 14 heavy (non-hydrogen) atoms. The Morgan fingerprint density at radius 1 is 1.50 bits per heavy atom. The van der Waals surface area contributed by atoms with E-state index >= 15 is 0 Å². The summed E-state index contributed by atoms with van der Waals surface area (Å²) in [6.07, 6.45) is 0.734. The fourth-order valence-electron chi connectivity index (χ4n) is 0.929. The SMILES string of the molecule is CCCNS(=O)(=O)N(CC#N)C(C)C. The van der Waals surface area contributed by atoms with Crippen molar-refractivity contribution in [2.45, 2.75) is 33.2 Å². The van der Waals surface area contributed by atoms with Crippen LogP contribution >= 0.6 is 0 Å². The molecule has 0 heterocycles. The monoisotopic (exact) mass is 219 g/mol. The van der Waals surface area contributed by atoms with Gasteiger partial charge in [0.25, 0.3) is 10.2 Å². The van der Waals surface area contributed by atoms with E-state index in [2.05, 4.69) is 4.72 Å². The van der Waals surface area contributed by atoms with Crippen LogP contribution in [0.3, 0.4) is 0 Å². The summed E-state index contributed by atoms with van der Waals surface area (Å²) in [4.78, 5) is 0. The molecule has 0 spiro atoms. The zero-order chi connectivity index (χ0) is 11.2. The molecule has 0 fully saturated rings. The maximum Gasteiger partial charge on any atom is 0.280 e. The topological polar surface area (TPSA) is 73.2 Å². The summed E-state index contributed by atoms with van der Waals surface area (Å²) in [6, 6.07) is 1.63. The molecule has 0 amide bonds. The number of hydrogen-bond acceptors (Lipinski definition) is 3. The van der Waals surface area contributed by atoms with Crippen molar-refractivity contribution >= 4 is 10.2 Å². The Bertz CT molecular complexity index is 292. The van der Waals surface area contributed by atoms with Crippen molar-refractivity contribution in [3.63, 3.8) is 0 Å². The zero-order valence-corrected chi connectivity index (χ0v) is 9.63. The van der Waals surface area contributed by atoms with Gasteiger partial charge in [-0.25, -0.2) is 4.72 Å². The fourth-order valence-corrected chi connectivity index (χ4v) is 2.34. The Morgan fingerprint density at radius 3 is 2.43 bits per heavy atom. The molecular weight excluding hydrogens is 202 g/mol. The minimum atomic E-state index is -3.49. The average Bonchev–Trinajstić information content (AvgIpc) is 2.10. The van der Waals surface area contributed by atoms with Gasteiger partial charge >= 0.3 is 0 Å². The van der Waals surface area contributed by atoms with Crippen LogP contribution in [0.5, 0.6) is 0 Å². The second-order valence-electron chi connectivity index (χ2n) is 3.20. The lowest BCUT2D eigenvalue weighted by Gasteiger charge is -2.22. The van der Waals surface area contributed by atoms with Crippen LogP contribution in [0.15, 0.2) is 0 Å². The smallest absolute Gasteiger partial charge is 0.202 e. The molecule has 0 bridgehead atoms. The van der Waals surface area contributed by atoms with E-state index in [9.17, 15) is 8.42 Å². The minimum absolute atomic E-state index is 0.114. The molecule has 0 aliphatic rings. The zero-order valence-electron chi connectivity index (χ0n) is 8.82. The number of nitrogens with zero attached hydrogens (tertiary/aromatic N) is 2. The van der Waals surface area contributed by atoms with Gasteiger partial charge in [0.15, 0.2) is 0 Å². The lowest BCUT2D eigenvalue weighted by Crippen LogP contribution is -2.44. The molecule has 0 radical (unpaired) electrons. The Labute approximate surface area is 85.9 Å². The van der Waals surface area contributed by atoms with Crippen molar-refractivity contribution in [1.29, 1.82) is 5.26 Å².